The first-order valence-corrected chi connectivity index (χ1v) is 10.1. The summed E-state index contributed by atoms with van der Waals surface area (Å²) in [5.74, 6) is 0. The zero-order valence-electron chi connectivity index (χ0n) is 15.6. The Morgan fingerprint density at radius 1 is 0.750 bits per heavy atom. The maximum absolute atomic E-state index is 4.35. The van der Waals surface area contributed by atoms with Gasteiger partial charge in [-0.25, -0.2) is 4.57 Å². The van der Waals surface area contributed by atoms with Crippen molar-refractivity contribution in [1.82, 2.24) is 4.98 Å². The van der Waals surface area contributed by atoms with E-state index in [0.717, 1.165) is 6.54 Å². The third-order valence-corrected chi connectivity index (χ3v) is 4.92. The number of para-hydroxylation sites is 1. The number of hydrogen-bond acceptors (Lipinski definition) is 1. The van der Waals surface area contributed by atoms with Crippen molar-refractivity contribution in [3.63, 3.8) is 0 Å². The van der Waals surface area contributed by atoms with Crippen LogP contribution in [0.5, 0.6) is 0 Å². The van der Waals surface area contributed by atoms with E-state index in [1.807, 2.05) is 12.5 Å². The molecule has 2 nitrogen and oxygen atoms in total. The Morgan fingerprint density at radius 3 is 2.00 bits per heavy atom. The Kier molecular flexibility index (Phi) is 9.45. The van der Waals surface area contributed by atoms with Crippen molar-refractivity contribution < 1.29 is 4.57 Å². The summed E-state index contributed by atoms with van der Waals surface area (Å²) in [6.45, 7) is 3.38. The van der Waals surface area contributed by atoms with Gasteiger partial charge in [-0.2, -0.15) is 0 Å². The molecule has 24 heavy (non-hydrogen) atoms. The molecule has 0 aliphatic rings. The molecule has 0 atom stereocenters. The van der Waals surface area contributed by atoms with Gasteiger partial charge in [0.15, 0.2) is 6.20 Å². The number of fused-ring (bicyclic) bond motifs is 1. The summed E-state index contributed by atoms with van der Waals surface area (Å²) in [4.78, 5) is 4.35. The van der Waals surface area contributed by atoms with Gasteiger partial charge in [0, 0.05) is 0 Å². The molecule has 0 bridgehead atoms. The highest BCUT2D eigenvalue weighted by atomic mass is 15.0. The lowest BCUT2D eigenvalue weighted by atomic mass is 10.1. The molecular formula is C22H35N2+. The van der Waals surface area contributed by atoms with E-state index in [1.165, 1.54) is 88.0 Å². The van der Waals surface area contributed by atoms with Crippen molar-refractivity contribution in [2.24, 2.45) is 0 Å². The molecule has 0 saturated carbocycles. The third kappa shape index (κ3) is 6.98. The Hall–Kier alpha value is -1.44. The molecule has 0 saturated heterocycles. The Balaban J connectivity index is 1.49. The predicted octanol–water partition coefficient (Wildman–Crippen LogP) is 6.22. The number of aryl methyl sites for hydroxylation is 1. The minimum Gasteiger partial charge on any atom is -0.230 e. The highest BCUT2D eigenvalue weighted by Crippen LogP contribution is 2.12. The van der Waals surface area contributed by atoms with Crippen LogP contribution >= 0.6 is 0 Å². The lowest BCUT2D eigenvalue weighted by Crippen LogP contribution is -2.34. The molecule has 0 N–H and O–H groups in total. The van der Waals surface area contributed by atoms with E-state index < -0.39 is 0 Å². The molecule has 1 aromatic heterocycles. The van der Waals surface area contributed by atoms with Crippen LogP contribution in [0.1, 0.15) is 84.0 Å². The first kappa shape index (κ1) is 18.9. The Bertz CT molecular complexity index is 559. The monoisotopic (exact) mass is 327 g/mol. The third-order valence-electron chi connectivity index (χ3n) is 4.92. The van der Waals surface area contributed by atoms with Crippen molar-refractivity contribution in [3.8, 4) is 0 Å². The number of benzene rings is 1. The van der Waals surface area contributed by atoms with Gasteiger partial charge in [-0.15, -0.1) is 0 Å². The lowest BCUT2D eigenvalue weighted by molar-refractivity contribution is -0.674. The Labute approximate surface area is 148 Å². The zero-order valence-corrected chi connectivity index (χ0v) is 15.6. The molecule has 0 fully saturated rings. The summed E-state index contributed by atoms with van der Waals surface area (Å²) < 4.78 is 2.30. The Morgan fingerprint density at radius 2 is 1.33 bits per heavy atom. The summed E-state index contributed by atoms with van der Waals surface area (Å²) in [7, 11) is 0. The van der Waals surface area contributed by atoms with Crippen LogP contribution < -0.4 is 4.57 Å². The summed E-state index contributed by atoms with van der Waals surface area (Å²) in [6.07, 6.45) is 20.7. The quantitative estimate of drug-likeness (QED) is 0.315. The molecule has 2 aromatic rings. The van der Waals surface area contributed by atoms with E-state index in [4.69, 9.17) is 0 Å². The largest absolute Gasteiger partial charge is 0.286 e. The van der Waals surface area contributed by atoms with Gasteiger partial charge < -0.3 is 0 Å². The van der Waals surface area contributed by atoms with E-state index in [1.54, 1.807) is 0 Å². The fraction of sp³-hybridized carbons (Fsp3) is 0.636. The number of unbranched alkanes of at least 4 members (excludes halogenated alkanes) is 11. The molecule has 0 radical (unpaired) electrons. The van der Waals surface area contributed by atoms with Crippen LogP contribution in [-0.2, 0) is 6.54 Å². The molecule has 1 aromatic carbocycles. The second-order valence-electron chi connectivity index (χ2n) is 7.03. The molecule has 132 valence electrons. The summed E-state index contributed by atoms with van der Waals surface area (Å²) in [5.41, 5.74) is 1.30. The van der Waals surface area contributed by atoms with E-state index in [2.05, 4.69) is 40.7 Å². The second kappa shape index (κ2) is 12.0. The number of hydrogen-bond donors (Lipinski definition) is 0. The molecule has 0 aliphatic carbocycles. The second-order valence-corrected chi connectivity index (χ2v) is 7.03. The van der Waals surface area contributed by atoms with Gasteiger partial charge in [0.05, 0.1) is 11.9 Å². The van der Waals surface area contributed by atoms with Crippen LogP contribution in [-0.4, -0.2) is 4.98 Å². The minimum absolute atomic E-state index is 1.09. The van der Waals surface area contributed by atoms with E-state index in [-0.39, 0.29) is 0 Å². The number of aromatic nitrogens is 2. The van der Waals surface area contributed by atoms with Gasteiger partial charge in [0.2, 0.25) is 0 Å². The van der Waals surface area contributed by atoms with Gasteiger partial charge in [0.25, 0.3) is 6.33 Å². The molecule has 2 rings (SSSR count). The van der Waals surface area contributed by atoms with Crippen molar-refractivity contribution in [2.75, 3.05) is 0 Å². The van der Waals surface area contributed by atoms with E-state index in [0.29, 0.717) is 0 Å². The highest BCUT2D eigenvalue weighted by Gasteiger charge is 2.05. The van der Waals surface area contributed by atoms with Gasteiger partial charge in [-0.1, -0.05) is 88.2 Å². The van der Waals surface area contributed by atoms with Gasteiger partial charge in [0.1, 0.15) is 5.52 Å². The van der Waals surface area contributed by atoms with Crippen LogP contribution in [0.25, 0.3) is 10.9 Å². The molecule has 1 heterocycles. The van der Waals surface area contributed by atoms with Crippen molar-refractivity contribution in [1.29, 1.82) is 0 Å². The molecule has 0 spiro atoms. The van der Waals surface area contributed by atoms with Gasteiger partial charge >= 0.3 is 0 Å². The maximum atomic E-state index is 4.35. The first-order chi connectivity index (χ1) is 11.9. The average Bonchev–Trinajstić information content (AvgIpc) is 2.63. The van der Waals surface area contributed by atoms with Gasteiger partial charge in [-0.05, 0) is 25.0 Å². The van der Waals surface area contributed by atoms with E-state index in [9.17, 15) is 0 Å². The maximum Gasteiger partial charge on any atom is 0.286 e. The minimum atomic E-state index is 1.09. The summed E-state index contributed by atoms with van der Waals surface area (Å²) in [5, 5.41) is 1.24. The molecule has 2 heteroatoms. The standard InChI is InChI=1S/C22H35N2/c1-2-3-4-5-6-7-8-9-10-11-12-15-18-24-20-23-19-21-16-13-14-17-22(21)24/h13-14,16-17,19-20H,2-12,15,18H2,1H3/q+1. The van der Waals surface area contributed by atoms with Crippen LogP contribution in [0.15, 0.2) is 36.8 Å². The average molecular weight is 328 g/mol. The number of nitrogens with zero attached hydrogens (tertiary/aromatic N) is 2. The SMILES string of the molecule is CCCCCCCCCCCCCC[n+]1cncc2ccccc21. The smallest absolute Gasteiger partial charge is 0.230 e. The highest BCUT2D eigenvalue weighted by molar-refractivity contribution is 5.73. The fourth-order valence-electron chi connectivity index (χ4n) is 3.42. The normalized spacial score (nSPS) is 11.2. The molecule has 0 aliphatic heterocycles. The van der Waals surface area contributed by atoms with Crippen molar-refractivity contribution in [3.05, 3.63) is 36.8 Å². The number of rotatable bonds is 13. The van der Waals surface area contributed by atoms with Crippen LogP contribution in [0, 0.1) is 0 Å². The zero-order chi connectivity index (χ0) is 16.9. The molecule has 0 unspecified atom stereocenters. The van der Waals surface area contributed by atoms with Crippen LogP contribution in [0.3, 0.4) is 0 Å². The van der Waals surface area contributed by atoms with Crippen molar-refractivity contribution in [2.45, 2.75) is 90.5 Å². The first-order valence-electron chi connectivity index (χ1n) is 10.1. The van der Waals surface area contributed by atoms with E-state index >= 15 is 0 Å². The molecular weight excluding hydrogens is 292 g/mol. The topological polar surface area (TPSA) is 16.8 Å². The van der Waals surface area contributed by atoms with Gasteiger partial charge in [-0.3, -0.25) is 0 Å². The lowest BCUT2D eigenvalue weighted by Gasteiger charge is -2.04. The van der Waals surface area contributed by atoms with Crippen LogP contribution in [0.4, 0.5) is 0 Å². The van der Waals surface area contributed by atoms with Crippen LogP contribution in [0.2, 0.25) is 0 Å². The summed E-state index contributed by atoms with van der Waals surface area (Å²) in [6, 6.07) is 8.53. The predicted molar refractivity (Wildman–Crippen MR) is 103 cm³/mol. The summed E-state index contributed by atoms with van der Waals surface area (Å²) >= 11 is 0. The van der Waals surface area contributed by atoms with Crippen molar-refractivity contribution >= 4 is 10.9 Å². The fourth-order valence-corrected chi connectivity index (χ4v) is 3.42. The molecule has 0 amide bonds.